The van der Waals surface area contributed by atoms with Crippen LogP contribution in [0.25, 0.3) is 0 Å². The van der Waals surface area contributed by atoms with Crippen molar-refractivity contribution in [3.63, 3.8) is 0 Å². The molecule has 2 rings (SSSR count). The van der Waals surface area contributed by atoms with Crippen LogP contribution in [-0.2, 0) is 0 Å². The second kappa shape index (κ2) is 6.45. The van der Waals surface area contributed by atoms with Gasteiger partial charge >= 0.3 is 6.03 Å². The number of imide groups is 1. The molecule has 0 radical (unpaired) electrons. The van der Waals surface area contributed by atoms with Crippen LogP contribution < -0.4 is 10.6 Å². The molecule has 0 aliphatic carbocycles. The lowest BCUT2D eigenvalue weighted by Crippen LogP contribution is -2.34. The molecule has 2 aromatic carbocycles. The van der Waals surface area contributed by atoms with Crippen LogP contribution >= 0.6 is 15.9 Å². The van der Waals surface area contributed by atoms with Gasteiger partial charge in [0.1, 0.15) is 11.6 Å². The number of amides is 3. The number of urea groups is 1. The largest absolute Gasteiger partial charge is 0.326 e. The van der Waals surface area contributed by atoms with Crippen LogP contribution in [0.1, 0.15) is 10.4 Å². The highest BCUT2D eigenvalue weighted by molar-refractivity contribution is 9.10. The Bertz CT molecular complexity index is 707. The van der Waals surface area contributed by atoms with Gasteiger partial charge in [-0.15, -0.1) is 0 Å². The van der Waals surface area contributed by atoms with Crippen LogP contribution in [0, 0.1) is 11.6 Å². The van der Waals surface area contributed by atoms with Gasteiger partial charge in [0.05, 0.1) is 5.56 Å². The van der Waals surface area contributed by atoms with Gasteiger partial charge in [-0.25, -0.2) is 13.6 Å². The van der Waals surface area contributed by atoms with Crippen molar-refractivity contribution >= 4 is 33.6 Å². The molecule has 2 aromatic rings. The predicted molar refractivity (Wildman–Crippen MR) is 77.0 cm³/mol. The third kappa shape index (κ3) is 4.09. The highest BCUT2D eigenvalue weighted by atomic mass is 79.9. The maximum Gasteiger partial charge on any atom is 0.326 e. The minimum atomic E-state index is -1.04. The van der Waals surface area contributed by atoms with Gasteiger partial charge in [0.2, 0.25) is 0 Å². The number of carbonyl (C=O) groups excluding carboxylic acids is 2. The summed E-state index contributed by atoms with van der Waals surface area (Å²) < 4.78 is 26.9. The van der Waals surface area contributed by atoms with Crippen LogP contribution in [0.2, 0.25) is 0 Å². The minimum Gasteiger partial charge on any atom is -0.308 e. The van der Waals surface area contributed by atoms with E-state index in [0.717, 1.165) is 16.6 Å². The fraction of sp³-hybridized carbons (Fsp3) is 0. The van der Waals surface area contributed by atoms with E-state index in [9.17, 15) is 18.4 Å². The first kappa shape index (κ1) is 15.1. The zero-order valence-corrected chi connectivity index (χ0v) is 12.1. The summed E-state index contributed by atoms with van der Waals surface area (Å²) in [4.78, 5) is 23.3. The number of carbonyl (C=O) groups is 2. The van der Waals surface area contributed by atoms with Crippen molar-refractivity contribution in [3.8, 4) is 0 Å². The smallest absolute Gasteiger partial charge is 0.308 e. The Morgan fingerprint density at radius 3 is 2.48 bits per heavy atom. The number of nitrogens with one attached hydrogen (secondary N) is 2. The molecule has 0 bridgehead atoms. The molecule has 7 heteroatoms. The molecule has 108 valence electrons. The monoisotopic (exact) mass is 354 g/mol. The summed E-state index contributed by atoms with van der Waals surface area (Å²) in [6.07, 6.45) is 0. The first-order valence-electron chi connectivity index (χ1n) is 5.78. The predicted octanol–water partition coefficient (Wildman–Crippen LogP) is 3.69. The minimum absolute atomic E-state index is 0.416. The Hall–Kier alpha value is -2.28. The van der Waals surface area contributed by atoms with Gasteiger partial charge in [-0.1, -0.05) is 22.0 Å². The number of hydrogen-bond donors (Lipinski definition) is 2. The fourth-order valence-corrected chi connectivity index (χ4v) is 1.97. The van der Waals surface area contributed by atoms with Gasteiger partial charge in [-0.05, 0) is 30.3 Å². The molecule has 0 saturated carbocycles. The second-order valence-electron chi connectivity index (χ2n) is 4.04. The lowest BCUT2D eigenvalue weighted by Gasteiger charge is -2.07. The van der Waals surface area contributed by atoms with Crippen molar-refractivity contribution in [2.24, 2.45) is 0 Å². The Labute approximate surface area is 127 Å². The summed E-state index contributed by atoms with van der Waals surface area (Å²) in [6.45, 7) is 0. The van der Waals surface area contributed by atoms with E-state index in [1.165, 1.54) is 0 Å². The number of halogens is 3. The Balaban J connectivity index is 2.04. The van der Waals surface area contributed by atoms with Gasteiger partial charge in [0.25, 0.3) is 5.91 Å². The van der Waals surface area contributed by atoms with Crippen LogP contribution in [0.5, 0.6) is 0 Å². The van der Waals surface area contributed by atoms with E-state index in [2.05, 4.69) is 21.2 Å². The van der Waals surface area contributed by atoms with E-state index in [-0.39, 0.29) is 0 Å². The van der Waals surface area contributed by atoms with Crippen molar-refractivity contribution in [2.45, 2.75) is 0 Å². The summed E-state index contributed by atoms with van der Waals surface area (Å²) in [5.41, 5.74) is 0.0371. The molecule has 0 atom stereocenters. The Morgan fingerprint density at radius 2 is 1.81 bits per heavy atom. The van der Waals surface area contributed by atoms with Crippen molar-refractivity contribution in [1.82, 2.24) is 5.32 Å². The van der Waals surface area contributed by atoms with Crippen LogP contribution in [0.3, 0.4) is 0 Å². The average Bonchev–Trinajstić information content (AvgIpc) is 2.38. The molecule has 0 aliphatic heterocycles. The van der Waals surface area contributed by atoms with Gasteiger partial charge in [-0.3, -0.25) is 10.1 Å². The highest BCUT2D eigenvalue weighted by Gasteiger charge is 2.15. The summed E-state index contributed by atoms with van der Waals surface area (Å²) in [5, 5.41) is 4.37. The lowest BCUT2D eigenvalue weighted by molar-refractivity contribution is 0.0963. The second-order valence-corrected chi connectivity index (χ2v) is 4.96. The zero-order valence-electron chi connectivity index (χ0n) is 10.5. The van der Waals surface area contributed by atoms with Crippen LogP contribution in [0.15, 0.2) is 46.9 Å². The molecule has 0 spiro atoms. The van der Waals surface area contributed by atoms with Crippen LogP contribution in [0.4, 0.5) is 19.3 Å². The molecule has 2 N–H and O–H groups in total. The van der Waals surface area contributed by atoms with Gasteiger partial charge in [-0.2, -0.15) is 0 Å². The Kier molecular flexibility index (Phi) is 4.64. The SMILES string of the molecule is O=C(NC(=O)c1ccc(F)cc1F)Nc1cccc(Br)c1. The van der Waals surface area contributed by atoms with Gasteiger partial charge in [0, 0.05) is 16.2 Å². The van der Waals surface area contributed by atoms with Crippen molar-refractivity contribution in [2.75, 3.05) is 5.32 Å². The van der Waals surface area contributed by atoms with E-state index in [0.29, 0.717) is 11.8 Å². The third-order valence-electron chi connectivity index (χ3n) is 2.49. The first-order valence-corrected chi connectivity index (χ1v) is 6.58. The van der Waals surface area contributed by atoms with E-state index < -0.39 is 29.1 Å². The molecule has 0 fully saturated rings. The topological polar surface area (TPSA) is 58.2 Å². The van der Waals surface area contributed by atoms with Crippen LogP contribution in [-0.4, -0.2) is 11.9 Å². The molecule has 0 saturated heterocycles. The molecule has 3 amide bonds. The average molecular weight is 355 g/mol. The quantitative estimate of drug-likeness (QED) is 0.863. The molecular weight excluding hydrogens is 346 g/mol. The maximum atomic E-state index is 13.4. The molecule has 0 heterocycles. The van der Waals surface area contributed by atoms with Gasteiger partial charge < -0.3 is 5.32 Å². The molecule has 0 aromatic heterocycles. The van der Waals surface area contributed by atoms with E-state index in [1.54, 1.807) is 24.3 Å². The lowest BCUT2D eigenvalue weighted by atomic mass is 10.2. The van der Waals surface area contributed by atoms with E-state index in [4.69, 9.17) is 0 Å². The molecule has 0 aliphatic rings. The summed E-state index contributed by atoms with van der Waals surface area (Å²) in [7, 11) is 0. The molecular formula is C14H9BrF2N2O2. The zero-order chi connectivity index (χ0) is 15.4. The highest BCUT2D eigenvalue weighted by Crippen LogP contribution is 2.15. The van der Waals surface area contributed by atoms with Crippen molar-refractivity contribution in [3.05, 3.63) is 64.1 Å². The third-order valence-corrected chi connectivity index (χ3v) is 2.98. The van der Waals surface area contributed by atoms with Crippen molar-refractivity contribution in [1.29, 1.82) is 0 Å². The molecule has 4 nitrogen and oxygen atoms in total. The first-order chi connectivity index (χ1) is 9.95. The number of hydrogen-bond acceptors (Lipinski definition) is 2. The normalized spacial score (nSPS) is 10.0. The molecule has 0 unspecified atom stereocenters. The van der Waals surface area contributed by atoms with E-state index >= 15 is 0 Å². The summed E-state index contributed by atoms with van der Waals surface area (Å²) >= 11 is 3.23. The summed E-state index contributed by atoms with van der Waals surface area (Å²) in [5.74, 6) is -2.80. The number of rotatable bonds is 2. The Morgan fingerprint density at radius 1 is 1.05 bits per heavy atom. The standard InChI is InChI=1S/C14H9BrF2N2O2/c15-8-2-1-3-10(6-8)18-14(21)19-13(20)11-5-4-9(16)7-12(11)17/h1-7H,(H2,18,19,20,21). The van der Waals surface area contributed by atoms with Crippen molar-refractivity contribution < 1.29 is 18.4 Å². The number of benzene rings is 2. The number of anilines is 1. The summed E-state index contributed by atoms with van der Waals surface area (Å²) in [6, 6.07) is 8.36. The van der Waals surface area contributed by atoms with Gasteiger partial charge in [0.15, 0.2) is 0 Å². The fourth-order valence-electron chi connectivity index (χ4n) is 1.57. The van der Waals surface area contributed by atoms with E-state index in [1.807, 2.05) is 5.32 Å². The maximum absolute atomic E-state index is 13.4. The molecule has 21 heavy (non-hydrogen) atoms.